The van der Waals surface area contributed by atoms with Gasteiger partial charge in [0, 0.05) is 16.7 Å². The molecule has 0 amide bonds. The molecule has 0 saturated heterocycles. The predicted molar refractivity (Wildman–Crippen MR) is 93.9 cm³/mol. The Morgan fingerprint density at radius 1 is 0.625 bits per heavy atom. The maximum Gasteiger partial charge on any atom is 0.196 e. The second-order valence-corrected chi connectivity index (χ2v) is 5.64. The van der Waals surface area contributed by atoms with Gasteiger partial charge in [-0.05, 0) is 18.2 Å². The lowest BCUT2D eigenvalue weighted by molar-refractivity contribution is 0.0979. The van der Waals surface area contributed by atoms with Crippen molar-refractivity contribution in [2.24, 2.45) is 0 Å². The van der Waals surface area contributed by atoms with Crippen molar-refractivity contribution >= 4 is 28.6 Å². The van der Waals surface area contributed by atoms with Crippen LogP contribution in [0.5, 0.6) is 0 Å². The van der Waals surface area contributed by atoms with E-state index < -0.39 is 0 Å². The van der Waals surface area contributed by atoms with Crippen LogP contribution < -0.4 is 11.1 Å². The molecule has 4 heteroatoms. The highest BCUT2D eigenvalue weighted by atomic mass is 16.1. The van der Waals surface area contributed by atoms with Crippen molar-refractivity contribution < 1.29 is 9.59 Å². The Morgan fingerprint density at radius 2 is 1.21 bits per heavy atom. The molecule has 0 heterocycles. The Labute approximate surface area is 138 Å². The number of ketones is 2. The van der Waals surface area contributed by atoms with E-state index in [2.05, 4.69) is 5.32 Å². The van der Waals surface area contributed by atoms with Gasteiger partial charge >= 0.3 is 0 Å². The summed E-state index contributed by atoms with van der Waals surface area (Å²) in [5, 5.41) is 3.18. The number of carbonyl (C=O) groups is 2. The first-order valence-corrected chi connectivity index (χ1v) is 7.60. The maximum atomic E-state index is 12.9. The first kappa shape index (κ1) is 14.2. The van der Waals surface area contributed by atoms with Crippen molar-refractivity contribution in [3.8, 4) is 0 Å². The quantitative estimate of drug-likeness (QED) is 0.552. The van der Waals surface area contributed by atoms with Gasteiger partial charge in [0.05, 0.1) is 22.6 Å². The van der Waals surface area contributed by atoms with Crippen LogP contribution in [-0.2, 0) is 0 Å². The van der Waals surface area contributed by atoms with Gasteiger partial charge in [-0.3, -0.25) is 9.59 Å². The SMILES string of the molecule is Nc1ccccc1Nc1cccc2c1C(=O)c1ccccc1C2=O. The molecule has 4 rings (SSSR count). The van der Waals surface area contributed by atoms with E-state index in [0.717, 1.165) is 0 Å². The third kappa shape index (κ3) is 2.08. The average Bonchev–Trinajstić information content (AvgIpc) is 2.61. The molecule has 1 aliphatic rings. The highest BCUT2D eigenvalue weighted by Gasteiger charge is 2.31. The summed E-state index contributed by atoms with van der Waals surface area (Å²) < 4.78 is 0. The Hall–Kier alpha value is -3.40. The third-order valence-electron chi connectivity index (χ3n) is 4.18. The normalized spacial score (nSPS) is 12.5. The Morgan fingerprint density at radius 3 is 1.96 bits per heavy atom. The minimum absolute atomic E-state index is 0.134. The lowest BCUT2D eigenvalue weighted by Crippen LogP contribution is -2.22. The summed E-state index contributed by atoms with van der Waals surface area (Å²) in [5.74, 6) is -0.289. The van der Waals surface area contributed by atoms with Crippen LogP contribution in [0.2, 0.25) is 0 Å². The van der Waals surface area contributed by atoms with Gasteiger partial charge in [0.1, 0.15) is 0 Å². The van der Waals surface area contributed by atoms with Crippen molar-refractivity contribution in [2.75, 3.05) is 11.1 Å². The molecule has 0 saturated carbocycles. The molecule has 1 aliphatic carbocycles. The van der Waals surface area contributed by atoms with Crippen molar-refractivity contribution in [1.82, 2.24) is 0 Å². The number of hydrogen-bond donors (Lipinski definition) is 2. The maximum absolute atomic E-state index is 12.9. The van der Waals surface area contributed by atoms with E-state index in [9.17, 15) is 9.59 Å². The molecular formula is C20H14N2O2. The zero-order valence-corrected chi connectivity index (χ0v) is 12.7. The molecule has 0 aliphatic heterocycles. The number of benzene rings is 3. The molecule has 3 aromatic carbocycles. The predicted octanol–water partition coefficient (Wildman–Crippen LogP) is 3.79. The van der Waals surface area contributed by atoms with Crippen LogP contribution >= 0.6 is 0 Å². The number of carbonyl (C=O) groups excluding carboxylic acids is 2. The molecule has 0 bridgehead atoms. The van der Waals surface area contributed by atoms with E-state index in [0.29, 0.717) is 39.3 Å². The summed E-state index contributed by atoms with van der Waals surface area (Å²) in [7, 11) is 0. The van der Waals surface area contributed by atoms with Crippen molar-refractivity contribution in [2.45, 2.75) is 0 Å². The van der Waals surface area contributed by atoms with Crippen LogP contribution in [0.15, 0.2) is 66.7 Å². The minimum Gasteiger partial charge on any atom is -0.397 e. The van der Waals surface area contributed by atoms with Gasteiger partial charge in [0.15, 0.2) is 11.6 Å². The number of hydrogen-bond acceptors (Lipinski definition) is 4. The van der Waals surface area contributed by atoms with E-state index in [1.54, 1.807) is 48.5 Å². The Kier molecular flexibility index (Phi) is 3.17. The minimum atomic E-state index is -0.155. The first-order chi connectivity index (χ1) is 11.7. The van der Waals surface area contributed by atoms with E-state index in [-0.39, 0.29) is 11.6 Å². The average molecular weight is 314 g/mol. The Bertz CT molecular complexity index is 992. The van der Waals surface area contributed by atoms with Gasteiger partial charge in [0.25, 0.3) is 0 Å². The summed E-state index contributed by atoms with van der Waals surface area (Å²) in [6, 6.07) is 19.4. The van der Waals surface area contributed by atoms with E-state index in [4.69, 9.17) is 5.73 Å². The fraction of sp³-hybridized carbons (Fsp3) is 0. The van der Waals surface area contributed by atoms with Crippen LogP contribution in [-0.4, -0.2) is 11.6 Å². The largest absolute Gasteiger partial charge is 0.397 e. The van der Waals surface area contributed by atoms with Gasteiger partial charge in [-0.1, -0.05) is 48.5 Å². The molecule has 0 spiro atoms. The van der Waals surface area contributed by atoms with E-state index >= 15 is 0 Å². The van der Waals surface area contributed by atoms with Crippen LogP contribution in [0, 0.1) is 0 Å². The number of anilines is 3. The lowest BCUT2D eigenvalue weighted by atomic mass is 9.83. The van der Waals surface area contributed by atoms with Crippen LogP contribution in [0.4, 0.5) is 17.1 Å². The standard InChI is InChI=1S/C20H14N2O2/c21-15-9-3-4-10-16(15)22-17-11-5-8-14-18(17)20(24)13-7-2-1-6-12(13)19(14)23/h1-11,22H,21H2. The van der Waals surface area contributed by atoms with Crippen LogP contribution in [0.1, 0.15) is 31.8 Å². The van der Waals surface area contributed by atoms with Gasteiger partial charge in [-0.15, -0.1) is 0 Å². The number of rotatable bonds is 2. The van der Waals surface area contributed by atoms with Crippen molar-refractivity contribution in [3.05, 3.63) is 89.0 Å². The fourth-order valence-electron chi connectivity index (χ4n) is 3.01. The molecule has 4 nitrogen and oxygen atoms in total. The molecule has 0 fully saturated rings. The second kappa shape index (κ2) is 5.35. The highest BCUT2D eigenvalue weighted by molar-refractivity contribution is 6.30. The lowest BCUT2D eigenvalue weighted by Gasteiger charge is -2.21. The number of nitrogens with one attached hydrogen (secondary N) is 1. The molecule has 3 N–H and O–H groups in total. The molecule has 116 valence electrons. The Balaban J connectivity index is 1.87. The number of fused-ring (bicyclic) bond motifs is 2. The van der Waals surface area contributed by atoms with Crippen molar-refractivity contribution in [3.63, 3.8) is 0 Å². The van der Waals surface area contributed by atoms with Gasteiger partial charge in [0.2, 0.25) is 0 Å². The van der Waals surface area contributed by atoms with E-state index in [1.807, 2.05) is 18.2 Å². The number of nitrogen functional groups attached to an aromatic ring is 1. The number of nitrogens with two attached hydrogens (primary N) is 1. The van der Waals surface area contributed by atoms with Crippen molar-refractivity contribution in [1.29, 1.82) is 0 Å². The fourth-order valence-corrected chi connectivity index (χ4v) is 3.01. The molecular weight excluding hydrogens is 300 g/mol. The van der Waals surface area contributed by atoms with Gasteiger partial charge in [-0.25, -0.2) is 0 Å². The van der Waals surface area contributed by atoms with Gasteiger partial charge in [-0.2, -0.15) is 0 Å². The van der Waals surface area contributed by atoms with Gasteiger partial charge < -0.3 is 11.1 Å². The summed E-state index contributed by atoms with van der Waals surface area (Å²) in [6.45, 7) is 0. The smallest absolute Gasteiger partial charge is 0.196 e. The zero-order chi connectivity index (χ0) is 16.7. The molecule has 0 atom stereocenters. The summed E-state index contributed by atoms with van der Waals surface area (Å²) in [4.78, 5) is 25.6. The monoisotopic (exact) mass is 314 g/mol. The summed E-state index contributed by atoms with van der Waals surface area (Å²) >= 11 is 0. The molecule has 0 unspecified atom stereocenters. The van der Waals surface area contributed by atoms with E-state index in [1.165, 1.54) is 0 Å². The first-order valence-electron chi connectivity index (χ1n) is 7.60. The highest BCUT2D eigenvalue weighted by Crippen LogP contribution is 2.34. The summed E-state index contributed by atoms with van der Waals surface area (Å²) in [6.07, 6.45) is 0. The molecule has 3 aromatic rings. The molecule has 24 heavy (non-hydrogen) atoms. The topological polar surface area (TPSA) is 72.2 Å². The molecule has 0 aromatic heterocycles. The van der Waals surface area contributed by atoms with Crippen LogP contribution in [0.3, 0.4) is 0 Å². The summed E-state index contributed by atoms with van der Waals surface area (Å²) in [5.41, 5.74) is 9.52. The third-order valence-corrected chi connectivity index (χ3v) is 4.18. The second-order valence-electron chi connectivity index (χ2n) is 5.64. The van der Waals surface area contributed by atoms with Crippen LogP contribution in [0.25, 0.3) is 0 Å². The zero-order valence-electron chi connectivity index (χ0n) is 12.7. The number of para-hydroxylation sites is 2. The molecule has 0 radical (unpaired) electrons.